The highest BCUT2D eigenvalue weighted by Crippen LogP contribution is 2.30. The van der Waals surface area contributed by atoms with Crippen LogP contribution >= 0.6 is 0 Å². The Labute approximate surface area is 129 Å². The summed E-state index contributed by atoms with van der Waals surface area (Å²) >= 11 is 0. The Balaban J connectivity index is 2.46. The molecule has 0 bridgehead atoms. The fraction of sp³-hybridized carbons (Fsp3) is 0.812. The lowest BCUT2D eigenvalue weighted by molar-refractivity contribution is -0.173. The van der Waals surface area contributed by atoms with Crippen LogP contribution in [0.15, 0.2) is 0 Å². The van der Waals surface area contributed by atoms with Crippen LogP contribution in [0.5, 0.6) is 0 Å². The molecular weight excluding hydrogens is 292 g/mol. The standard InChI is InChI=1S/C16H23F2NO3/c1-2-22-15(21)16(17,18)10-12(11-19)8-9-14(20)13-6-4-3-5-7-13/h12-13H,2-10H2,1H3. The zero-order valence-corrected chi connectivity index (χ0v) is 12.9. The van der Waals surface area contributed by atoms with Gasteiger partial charge < -0.3 is 4.74 Å². The van der Waals surface area contributed by atoms with E-state index in [-0.39, 0.29) is 31.1 Å². The Kier molecular flexibility index (Phi) is 7.43. The number of nitrogens with zero attached hydrogens (tertiary/aromatic N) is 1. The van der Waals surface area contributed by atoms with E-state index in [0.717, 1.165) is 32.1 Å². The zero-order chi connectivity index (χ0) is 16.6. The first-order valence-corrected chi connectivity index (χ1v) is 7.88. The number of nitriles is 1. The van der Waals surface area contributed by atoms with Crippen molar-refractivity contribution < 1.29 is 23.1 Å². The number of hydrogen-bond acceptors (Lipinski definition) is 4. The third-order valence-corrected chi connectivity index (χ3v) is 4.06. The van der Waals surface area contributed by atoms with Crippen molar-refractivity contribution in [3.63, 3.8) is 0 Å². The molecule has 0 aromatic heterocycles. The maximum Gasteiger partial charge on any atom is 0.377 e. The smallest absolute Gasteiger partial charge is 0.377 e. The number of rotatable bonds is 8. The third-order valence-electron chi connectivity index (χ3n) is 4.06. The van der Waals surface area contributed by atoms with Crippen LogP contribution in [0.3, 0.4) is 0 Å². The van der Waals surface area contributed by atoms with Crippen LogP contribution in [-0.4, -0.2) is 24.3 Å². The number of Topliss-reactive ketones (excluding diaryl/α,β-unsaturated/α-hetero) is 1. The van der Waals surface area contributed by atoms with Gasteiger partial charge in [0, 0.05) is 18.8 Å². The molecule has 0 aromatic rings. The largest absolute Gasteiger partial charge is 0.462 e. The molecule has 6 heteroatoms. The van der Waals surface area contributed by atoms with Crippen molar-refractivity contribution in [1.82, 2.24) is 0 Å². The Morgan fingerprint density at radius 1 is 1.32 bits per heavy atom. The highest BCUT2D eigenvalue weighted by atomic mass is 19.3. The Hall–Kier alpha value is -1.51. The molecule has 0 aliphatic heterocycles. The monoisotopic (exact) mass is 315 g/mol. The summed E-state index contributed by atoms with van der Waals surface area (Å²) in [7, 11) is 0. The van der Waals surface area contributed by atoms with Crippen molar-refractivity contribution in [2.45, 2.75) is 64.2 Å². The Morgan fingerprint density at radius 3 is 2.50 bits per heavy atom. The van der Waals surface area contributed by atoms with E-state index in [4.69, 9.17) is 5.26 Å². The lowest BCUT2D eigenvalue weighted by Crippen LogP contribution is -2.33. The highest BCUT2D eigenvalue weighted by molar-refractivity contribution is 5.81. The summed E-state index contributed by atoms with van der Waals surface area (Å²) in [6.07, 6.45) is 4.21. The SMILES string of the molecule is CCOC(=O)C(F)(F)CC(C#N)CCC(=O)C1CCCCC1. The number of hydrogen-bond donors (Lipinski definition) is 0. The molecule has 1 saturated carbocycles. The molecule has 1 fully saturated rings. The summed E-state index contributed by atoms with van der Waals surface area (Å²) in [6, 6.07) is 1.77. The van der Waals surface area contributed by atoms with Crippen molar-refractivity contribution in [2.24, 2.45) is 11.8 Å². The van der Waals surface area contributed by atoms with Gasteiger partial charge in [-0.2, -0.15) is 14.0 Å². The first kappa shape index (κ1) is 18.5. The van der Waals surface area contributed by atoms with Crippen molar-refractivity contribution in [3.8, 4) is 6.07 Å². The van der Waals surface area contributed by atoms with Crippen molar-refractivity contribution in [1.29, 1.82) is 5.26 Å². The van der Waals surface area contributed by atoms with E-state index in [2.05, 4.69) is 4.74 Å². The Bertz CT molecular complexity index is 426. The van der Waals surface area contributed by atoms with Gasteiger partial charge in [-0.15, -0.1) is 0 Å². The summed E-state index contributed by atoms with van der Waals surface area (Å²) in [6.45, 7) is 1.31. The number of esters is 1. The molecule has 4 nitrogen and oxygen atoms in total. The van der Waals surface area contributed by atoms with E-state index in [1.807, 2.05) is 0 Å². The van der Waals surface area contributed by atoms with Crippen molar-refractivity contribution >= 4 is 11.8 Å². The lowest BCUT2D eigenvalue weighted by atomic mass is 9.83. The summed E-state index contributed by atoms with van der Waals surface area (Å²) in [5.41, 5.74) is 0. The minimum Gasteiger partial charge on any atom is -0.462 e. The molecule has 0 amide bonds. The van der Waals surface area contributed by atoms with Crippen LogP contribution in [0.2, 0.25) is 0 Å². The van der Waals surface area contributed by atoms with E-state index in [1.165, 1.54) is 6.92 Å². The molecule has 1 aliphatic carbocycles. The lowest BCUT2D eigenvalue weighted by Gasteiger charge is -2.21. The minimum absolute atomic E-state index is 0.0126. The van der Waals surface area contributed by atoms with Gasteiger partial charge in [-0.05, 0) is 26.2 Å². The maximum absolute atomic E-state index is 13.6. The molecule has 1 rings (SSSR count). The zero-order valence-electron chi connectivity index (χ0n) is 12.9. The van der Waals surface area contributed by atoms with Gasteiger partial charge in [-0.25, -0.2) is 4.79 Å². The quantitative estimate of drug-likeness (QED) is 0.641. The molecule has 1 atom stereocenters. The van der Waals surface area contributed by atoms with Crippen LogP contribution < -0.4 is 0 Å². The molecule has 1 unspecified atom stereocenters. The van der Waals surface area contributed by atoms with Gasteiger partial charge in [0.25, 0.3) is 0 Å². The number of alkyl halides is 2. The number of halogens is 2. The fourth-order valence-electron chi connectivity index (χ4n) is 2.79. The molecule has 0 N–H and O–H groups in total. The number of ether oxygens (including phenoxy) is 1. The summed E-state index contributed by atoms with van der Waals surface area (Å²) in [4.78, 5) is 23.2. The molecule has 0 aromatic carbocycles. The van der Waals surface area contributed by atoms with Gasteiger partial charge in [0.05, 0.1) is 18.6 Å². The molecule has 0 spiro atoms. The van der Waals surface area contributed by atoms with Crippen LogP contribution in [0, 0.1) is 23.2 Å². The van der Waals surface area contributed by atoms with Gasteiger partial charge >= 0.3 is 11.9 Å². The van der Waals surface area contributed by atoms with E-state index in [1.54, 1.807) is 6.07 Å². The first-order valence-electron chi connectivity index (χ1n) is 7.88. The molecule has 124 valence electrons. The molecule has 0 radical (unpaired) electrons. The molecular formula is C16H23F2NO3. The highest BCUT2D eigenvalue weighted by Gasteiger charge is 2.42. The van der Waals surface area contributed by atoms with Crippen LogP contribution in [0.25, 0.3) is 0 Å². The van der Waals surface area contributed by atoms with Gasteiger partial charge in [-0.3, -0.25) is 4.79 Å². The summed E-state index contributed by atoms with van der Waals surface area (Å²) in [5.74, 6) is -6.23. The maximum atomic E-state index is 13.6. The molecule has 0 heterocycles. The molecule has 1 aliphatic rings. The molecule has 0 saturated heterocycles. The predicted octanol–water partition coefficient (Wildman–Crippen LogP) is 3.64. The average molecular weight is 315 g/mol. The van der Waals surface area contributed by atoms with E-state index >= 15 is 0 Å². The number of carbonyl (C=O) groups is 2. The van der Waals surface area contributed by atoms with Crippen LogP contribution in [0.4, 0.5) is 8.78 Å². The van der Waals surface area contributed by atoms with Gasteiger partial charge in [0.15, 0.2) is 0 Å². The number of ketones is 1. The predicted molar refractivity (Wildman–Crippen MR) is 76.1 cm³/mol. The van der Waals surface area contributed by atoms with E-state index in [0.29, 0.717) is 0 Å². The average Bonchev–Trinajstić information content (AvgIpc) is 2.52. The number of carbonyl (C=O) groups excluding carboxylic acids is 2. The van der Waals surface area contributed by atoms with E-state index < -0.39 is 24.2 Å². The van der Waals surface area contributed by atoms with Gasteiger partial charge in [-0.1, -0.05) is 19.3 Å². The summed E-state index contributed by atoms with van der Waals surface area (Å²) in [5, 5.41) is 8.98. The minimum atomic E-state index is -3.68. The second kappa shape index (κ2) is 8.82. The molecule has 22 heavy (non-hydrogen) atoms. The van der Waals surface area contributed by atoms with Crippen molar-refractivity contribution in [3.05, 3.63) is 0 Å². The topological polar surface area (TPSA) is 67.2 Å². The second-order valence-corrected chi connectivity index (χ2v) is 5.79. The summed E-state index contributed by atoms with van der Waals surface area (Å²) < 4.78 is 31.5. The van der Waals surface area contributed by atoms with Gasteiger partial charge in [0.1, 0.15) is 5.78 Å². The normalized spacial score (nSPS) is 17.5. The van der Waals surface area contributed by atoms with Gasteiger partial charge in [0.2, 0.25) is 0 Å². The van der Waals surface area contributed by atoms with Crippen LogP contribution in [-0.2, 0) is 14.3 Å². The fourth-order valence-corrected chi connectivity index (χ4v) is 2.79. The van der Waals surface area contributed by atoms with Crippen LogP contribution in [0.1, 0.15) is 58.3 Å². The Morgan fingerprint density at radius 2 is 1.95 bits per heavy atom. The third kappa shape index (κ3) is 5.70. The van der Waals surface area contributed by atoms with Crippen molar-refractivity contribution in [2.75, 3.05) is 6.61 Å². The second-order valence-electron chi connectivity index (χ2n) is 5.79. The van der Waals surface area contributed by atoms with E-state index in [9.17, 15) is 18.4 Å². The first-order chi connectivity index (χ1) is 10.4.